The number of halogens is 2. The van der Waals surface area contributed by atoms with Crippen LogP contribution in [0.25, 0.3) is 0 Å². The summed E-state index contributed by atoms with van der Waals surface area (Å²) in [7, 11) is -2.69. The molecule has 0 radical (unpaired) electrons. The fourth-order valence-corrected chi connectivity index (χ4v) is 3.98. The Balaban J connectivity index is 3.08. The molecule has 0 saturated carbocycles. The SMILES string of the molecule is COC(=O)[C@H](CC(C)C)NS(=O)(=O)c1ccc(Br)cc1Cl. The Hall–Kier alpha value is -0.630. The van der Waals surface area contributed by atoms with Crippen molar-refractivity contribution in [2.75, 3.05) is 7.11 Å². The van der Waals surface area contributed by atoms with E-state index in [9.17, 15) is 13.2 Å². The van der Waals surface area contributed by atoms with Gasteiger partial charge in [0.15, 0.2) is 0 Å². The van der Waals surface area contributed by atoms with E-state index in [-0.39, 0.29) is 15.8 Å². The van der Waals surface area contributed by atoms with Crippen molar-refractivity contribution in [2.24, 2.45) is 5.92 Å². The van der Waals surface area contributed by atoms with Gasteiger partial charge in [0, 0.05) is 4.47 Å². The summed E-state index contributed by atoms with van der Waals surface area (Å²) in [6, 6.07) is 3.47. The Morgan fingerprint density at radius 2 is 2.05 bits per heavy atom. The lowest BCUT2D eigenvalue weighted by molar-refractivity contribution is -0.143. The van der Waals surface area contributed by atoms with Gasteiger partial charge in [-0.2, -0.15) is 4.72 Å². The molecule has 1 aromatic rings. The Labute approximate surface area is 138 Å². The molecule has 0 bridgehead atoms. The van der Waals surface area contributed by atoms with Crippen LogP contribution in [-0.2, 0) is 19.6 Å². The zero-order valence-corrected chi connectivity index (χ0v) is 15.0. The average molecular weight is 399 g/mol. The fourth-order valence-electron chi connectivity index (χ4n) is 1.75. The predicted molar refractivity (Wildman–Crippen MR) is 84.7 cm³/mol. The summed E-state index contributed by atoms with van der Waals surface area (Å²) in [6.07, 6.45) is 0.333. The number of methoxy groups -OCH3 is 1. The van der Waals surface area contributed by atoms with Crippen molar-refractivity contribution >= 4 is 43.5 Å². The van der Waals surface area contributed by atoms with Crippen LogP contribution in [0.5, 0.6) is 0 Å². The molecule has 8 heteroatoms. The average Bonchev–Trinajstić information content (AvgIpc) is 2.35. The van der Waals surface area contributed by atoms with Crippen LogP contribution < -0.4 is 4.72 Å². The van der Waals surface area contributed by atoms with Gasteiger partial charge in [0.1, 0.15) is 10.9 Å². The summed E-state index contributed by atoms with van der Waals surface area (Å²) in [6.45, 7) is 3.77. The van der Waals surface area contributed by atoms with Crippen molar-refractivity contribution in [3.05, 3.63) is 27.7 Å². The van der Waals surface area contributed by atoms with Gasteiger partial charge < -0.3 is 4.74 Å². The van der Waals surface area contributed by atoms with E-state index in [4.69, 9.17) is 11.6 Å². The van der Waals surface area contributed by atoms with Gasteiger partial charge in [-0.3, -0.25) is 4.79 Å². The number of rotatable bonds is 6. The number of esters is 1. The topological polar surface area (TPSA) is 72.5 Å². The highest BCUT2D eigenvalue weighted by molar-refractivity contribution is 9.10. The third-order valence-electron chi connectivity index (χ3n) is 2.67. The van der Waals surface area contributed by atoms with Crippen molar-refractivity contribution in [3.63, 3.8) is 0 Å². The highest BCUT2D eigenvalue weighted by atomic mass is 79.9. The van der Waals surface area contributed by atoms with Gasteiger partial charge >= 0.3 is 5.97 Å². The number of benzene rings is 1. The zero-order chi connectivity index (χ0) is 16.2. The molecule has 0 spiro atoms. The third-order valence-corrected chi connectivity index (χ3v) is 5.12. The molecule has 21 heavy (non-hydrogen) atoms. The van der Waals surface area contributed by atoms with E-state index >= 15 is 0 Å². The van der Waals surface area contributed by atoms with Crippen molar-refractivity contribution < 1.29 is 17.9 Å². The quantitative estimate of drug-likeness (QED) is 0.748. The van der Waals surface area contributed by atoms with Gasteiger partial charge in [-0.1, -0.05) is 41.4 Å². The van der Waals surface area contributed by atoms with Gasteiger partial charge in [0.2, 0.25) is 10.0 Å². The largest absolute Gasteiger partial charge is 0.468 e. The summed E-state index contributed by atoms with van der Waals surface area (Å²) in [5.41, 5.74) is 0. The first kappa shape index (κ1) is 18.4. The zero-order valence-electron chi connectivity index (χ0n) is 11.9. The molecule has 0 aromatic heterocycles. The number of hydrogen-bond acceptors (Lipinski definition) is 4. The fraction of sp³-hybridized carbons (Fsp3) is 0.462. The van der Waals surface area contributed by atoms with E-state index in [1.807, 2.05) is 13.8 Å². The maximum Gasteiger partial charge on any atom is 0.323 e. The number of ether oxygens (including phenoxy) is 1. The molecule has 0 aliphatic heterocycles. The lowest BCUT2D eigenvalue weighted by Crippen LogP contribution is -2.42. The summed E-state index contributed by atoms with van der Waals surface area (Å²) in [4.78, 5) is 11.6. The molecule has 5 nitrogen and oxygen atoms in total. The van der Waals surface area contributed by atoms with Crippen LogP contribution in [0.15, 0.2) is 27.6 Å². The van der Waals surface area contributed by atoms with Crippen molar-refractivity contribution in [2.45, 2.75) is 31.2 Å². The first-order chi connectivity index (χ1) is 9.67. The Bertz CT molecular complexity index is 619. The molecule has 1 atom stereocenters. The number of sulfonamides is 1. The van der Waals surface area contributed by atoms with Gasteiger partial charge in [0.25, 0.3) is 0 Å². The van der Waals surface area contributed by atoms with Gasteiger partial charge in [-0.05, 0) is 30.5 Å². The first-order valence-corrected chi connectivity index (χ1v) is 8.88. The molecule has 118 valence electrons. The van der Waals surface area contributed by atoms with Crippen molar-refractivity contribution in [1.82, 2.24) is 4.72 Å². The lowest BCUT2D eigenvalue weighted by atomic mass is 10.1. The van der Waals surface area contributed by atoms with Crippen LogP contribution in [0.2, 0.25) is 5.02 Å². The van der Waals surface area contributed by atoms with Crippen LogP contribution in [-0.4, -0.2) is 27.5 Å². The summed E-state index contributed by atoms with van der Waals surface area (Å²) < 4.78 is 32.4. The van der Waals surface area contributed by atoms with Crippen molar-refractivity contribution in [1.29, 1.82) is 0 Å². The highest BCUT2D eigenvalue weighted by Crippen LogP contribution is 2.25. The van der Waals surface area contributed by atoms with Crippen LogP contribution in [0, 0.1) is 5.92 Å². The molecule has 0 aliphatic carbocycles. The number of carbonyl (C=O) groups excluding carboxylic acids is 1. The normalized spacial score (nSPS) is 13.2. The van der Waals surface area contributed by atoms with Crippen LogP contribution in [0.3, 0.4) is 0 Å². The summed E-state index contributed by atoms with van der Waals surface area (Å²) >= 11 is 9.16. The maximum absolute atomic E-state index is 12.4. The highest BCUT2D eigenvalue weighted by Gasteiger charge is 2.28. The molecule has 0 unspecified atom stereocenters. The molecule has 0 aliphatic rings. The second kappa shape index (κ2) is 7.58. The molecule has 0 saturated heterocycles. The first-order valence-electron chi connectivity index (χ1n) is 6.22. The third kappa shape index (κ3) is 5.25. The minimum atomic E-state index is -3.91. The van der Waals surface area contributed by atoms with E-state index < -0.39 is 22.0 Å². The number of hydrogen-bond donors (Lipinski definition) is 1. The van der Waals surface area contributed by atoms with Gasteiger partial charge in [0.05, 0.1) is 12.1 Å². The van der Waals surface area contributed by atoms with E-state index in [2.05, 4.69) is 25.4 Å². The molecular weight excluding hydrogens is 382 g/mol. The summed E-state index contributed by atoms with van der Waals surface area (Å²) in [5.74, 6) is -0.502. The molecule has 1 rings (SSSR count). The maximum atomic E-state index is 12.4. The van der Waals surface area contributed by atoms with Crippen molar-refractivity contribution in [3.8, 4) is 0 Å². The number of carbonyl (C=O) groups is 1. The van der Waals surface area contributed by atoms with E-state index in [0.29, 0.717) is 10.9 Å². The standard InChI is InChI=1S/C13H17BrClNO4S/c1-8(2)6-11(13(17)20-3)16-21(18,19)12-5-4-9(14)7-10(12)15/h4-5,7-8,11,16H,6H2,1-3H3/t11-/m0/s1. The minimum absolute atomic E-state index is 0.0741. The second-order valence-corrected chi connectivity index (χ2v) is 7.91. The predicted octanol–water partition coefficient (Wildman–Crippen LogP) is 2.97. The summed E-state index contributed by atoms with van der Waals surface area (Å²) in [5, 5.41) is 0.0741. The Morgan fingerprint density at radius 1 is 1.43 bits per heavy atom. The van der Waals surface area contributed by atoms with E-state index in [1.54, 1.807) is 6.07 Å². The molecule has 0 fully saturated rings. The number of nitrogens with one attached hydrogen (secondary N) is 1. The molecule has 0 heterocycles. The smallest absolute Gasteiger partial charge is 0.323 e. The van der Waals surface area contributed by atoms with E-state index in [1.165, 1.54) is 19.2 Å². The molecule has 1 N–H and O–H groups in total. The monoisotopic (exact) mass is 397 g/mol. The molecular formula is C13H17BrClNO4S. The van der Waals surface area contributed by atoms with Crippen LogP contribution in [0.4, 0.5) is 0 Å². The Morgan fingerprint density at radius 3 is 2.52 bits per heavy atom. The minimum Gasteiger partial charge on any atom is -0.468 e. The molecule has 0 amide bonds. The van der Waals surface area contributed by atoms with E-state index in [0.717, 1.165) is 0 Å². The molecule has 1 aromatic carbocycles. The van der Waals surface area contributed by atoms with Crippen LogP contribution >= 0.6 is 27.5 Å². The van der Waals surface area contributed by atoms with Gasteiger partial charge in [-0.25, -0.2) is 8.42 Å². The second-order valence-electron chi connectivity index (χ2n) is 4.90. The lowest BCUT2D eigenvalue weighted by Gasteiger charge is -2.18. The van der Waals surface area contributed by atoms with Gasteiger partial charge in [-0.15, -0.1) is 0 Å². The van der Waals surface area contributed by atoms with Crippen LogP contribution in [0.1, 0.15) is 20.3 Å². The Kier molecular flexibility index (Phi) is 6.65.